The minimum absolute atomic E-state index is 0. The first-order chi connectivity index (χ1) is 11.5. The number of halogens is 3. The van der Waals surface area contributed by atoms with Crippen LogP contribution >= 0.6 is 80.8 Å². The van der Waals surface area contributed by atoms with Crippen LogP contribution in [0, 0.1) is 10.8 Å². The average Bonchev–Trinajstić information content (AvgIpc) is 2.53. The van der Waals surface area contributed by atoms with E-state index in [0.717, 1.165) is 20.9 Å². The van der Waals surface area contributed by atoms with Crippen LogP contribution in [-0.2, 0) is 11.5 Å². The third-order valence-corrected chi connectivity index (χ3v) is 5.97. The van der Waals surface area contributed by atoms with Gasteiger partial charge in [-0.1, -0.05) is 71.2 Å². The van der Waals surface area contributed by atoms with Crippen LogP contribution in [0.4, 0.5) is 0 Å². The molecule has 0 atom stereocenters. The Hall–Kier alpha value is -0.320. The van der Waals surface area contributed by atoms with Crippen molar-refractivity contribution in [2.45, 2.75) is 21.3 Å². The largest absolute Gasteiger partial charge is 0.379 e. The Morgan fingerprint density at radius 3 is 1.96 bits per heavy atom. The smallest absolute Gasteiger partial charge is 0.151 e. The molecule has 0 aliphatic carbocycles. The third kappa shape index (κ3) is 8.58. The summed E-state index contributed by atoms with van der Waals surface area (Å²) in [5.41, 5.74) is 13.1. The van der Waals surface area contributed by atoms with E-state index < -0.39 is 0 Å². The van der Waals surface area contributed by atoms with Crippen molar-refractivity contribution in [3.63, 3.8) is 0 Å². The number of rotatable bonds is 6. The van der Waals surface area contributed by atoms with Gasteiger partial charge in [0.25, 0.3) is 0 Å². The van der Waals surface area contributed by atoms with Crippen molar-refractivity contribution in [2.75, 3.05) is 0 Å². The Morgan fingerprint density at radius 2 is 1.38 bits per heavy atom. The molecule has 142 valence electrons. The molecule has 2 aromatic rings. The second-order valence-electron chi connectivity index (χ2n) is 4.77. The SMILES string of the molecule is Br.Br.N=C(N)SCc1ccccc1Sc1cc(Cl)ccc1CSC(=N)N. The summed E-state index contributed by atoms with van der Waals surface area (Å²) in [5, 5.41) is 15.6. The lowest BCUT2D eigenvalue weighted by molar-refractivity contribution is 1.23. The molecule has 0 saturated carbocycles. The van der Waals surface area contributed by atoms with Crippen LogP contribution in [0.3, 0.4) is 0 Å². The maximum Gasteiger partial charge on any atom is 0.151 e. The number of nitrogens with one attached hydrogen (secondary N) is 2. The van der Waals surface area contributed by atoms with E-state index in [0.29, 0.717) is 16.5 Å². The molecule has 0 aliphatic heterocycles. The van der Waals surface area contributed by atoms with Gasteiger partial charge in [-0.25, -0.2) is 0 Å². The van der Waals surface area contributed by atoms with Gasteiger partial charge in [0, 0.05) is 26.3 Å². The van der Waals surface area contributed by atoms with E-state index in [4.69, 9.17) is 33.9 Å². The summed E-state index contributed by atoms with van der Waals surface area (Å²) in [6.07, 6.45) is 0. The number of amidine groups is 2. The highest BCUT2D eigenvalue weighted by atomic mass is 79.9. The average molecular weight is 559 g/mol. The van der Waals surface area contributed by atoms with Crippen LogP contribution in [0.25, 0.3) is 0 Å². The van der Waals surface area contributed by atoms with Crippen LogP contribution < -0.4 is 11.5 Å². The van der Waals surface area contributed by atoms with Gasteiger partial charge in [-0.15, -0.1) is 34.0 Å². The Bertz CT molecular complexity index is 762. The Morgan fingerprint density at radius 1 is 0.846 bits per heavy atom. The third-order valence-electron chi connectivity index (χ3n) is 2.99. The molecule has 0 amide bonds. The Balaban J connectivity index is 0.00000312. The van der Waals surface area contributed by atoms with Crippen molar-refractivity contribution in [1.29, 1.82) is 10.8 Å². The van der Waals surface area contributed by atoms with Crippen LogP contribution in [-0.4, -0.2) is 10.3 Å². The maximum atomic E-state index is 7.38. The highest BCUT2D eigenvalue weighted by Crippen LogP contribution is 2.36. The predicted molar refractivity (Wildman–Crippen MR) is 129 cm³/mol. The fourth-order valence-electron chi connectivity index (χ4n) is 1.89. The number of benzene rings is 2. The van der Waals surface area contributed by atoms with E-state index >= 15 is 0 Å². The first kappa shape index (κ1) is 25.7. The number of thioether (sulfide) groups is 2. The van der Waals surface area contributed by atoms with Gasteiger partial charge in [0.2, 0.25) is 0 Å². The molecule has 10 heteroatoms. The van der Waals surface area contributed by atoms with Crippen molar-refractivity contribution < 1.29 is 0 Å². The van der Waals surface area contributed by atoms with Crippen LogP contribution in [0.15, 0.2) is 52.3 Å². The molecule has 0 spiro atoms. The van der Waals surface area contributed by atoms with Gasteiger partial charge in [0.1, 0.15) is 0 Å². The standard InChI is InChI=1S/C16H17ClN4S3.2BrH/c17-12-6-5-11(9-23-16(20)21)14(7-12)24-13-4-2-1-3-10(13)8-22-15(18)19;;/h1-7H,8-9H2,(H3,18,19)(H3,20,21);2*1H. The maximum absolute atomic E-state index is 7.38. The van der Waals surface area contributed by atoms with Crippen LogP contribution in [0.1, 0.15) is 11.1 Å². The van der Waals surface area contributed by atoms with Gasteiger partial charge in [-0.3, -0.25) is 10.8 Å². The van der Waals surface area contributed by atoms with Gasteiger partial charge in [0.05, 0.1) is 0 Å². The normalized spacial score (nSPS) is 9.73. The summed E-state index contributed by atoms with van der Waals surface area (Å²) >= 11 is 10.4. The Kier molecular flexibility index (Phi) is 12.8. The van der Waals surface area contributed by atoms with Gasteiger partial charge < -0.3 is 11.5 Å². The first-order valence-electron chi connectivity index (χ1n) is 6.93. The quantitative estimate of drug-likeness (QED) is 0.261. The topological polar surface area (TPSA) is 99.7 Å². The van der Waals surface area contributed by atoms with Crippen molar-refractivity contribution >= 4 is 91.2 Å². The summed E-state index contributed by atoms with van der Waals surface area (Å²) < 4.78 is 0. The lowest BCUT2D eigenvalue weighted by atomic mass is 10.2. The fourth-order valence-corrected chi connectivity index (χ4v) is 4.55. The van der Waals surface area contributed by atoms with Crippen molar-refractivity contribution in [3.8, 4) is 0 Å². The van der Waals surface area contributed by atoms with Gasteiger partial charge in [-0.2, -0.15) is 0 Å². The van der Waals surface area contributed by atoms with Crippen LogP contribution in [0.2, 0.25) is 5.02 Å². The molecule has 0 saturated heterocycles. The van der Waals surface area contributed by atoms with Crippen molar-refractivity contribution in [3.05, 3.63) is 58.6 Å². The van der Waals surface area contributed by atoms with E-state index in [1.165, 1.54) is 23.5 Å². The number of nitrogens with two attached hydrogens (primary N) is 2. The molecule has 6 N–H and O–H groups in total. The lowest BCUT2D eigenvalue weighted by Crippen LogP contribution is -2.04. The van der Waals surface area contributed by atoms with E-state index in [2.05, 4.69) is 0 Å². The van der Waals surface area contributed by atoms with Gasteiger partial charge in [-0.05, 0) is 29.3 Å². The van der Waals surface area contributed by atoms with E-state index in [9.17, 15) is 0 Å². The molecule has 0 heterocycles. The Labute approximate surface area is 192 Å². The van der Waals surface area contributed by atoms with Gasteiger partial charge in [0.15, 0.2) is 10.3 Å². The van der Waals surface area contributed by atoms with Gasteiger partial charge >= 0.3 is 0 Å². The molecule has 0 aromatic heterocycles. The highest BCUT2D eigenvalue weighted by molar-refractivity contribution is 8.93. The zero-order chi connectivity index (χ0) is 17.5. The fraction of sp³-hybridized carbons (Fsp3) is 0.125. The molecule has 4 nitrogen and oxygen atoms in total. The minimum Gasteiger partial charge on any atom is -0.379 e. The second kappa shape index (κ2) is 13.0. The minimum atomic E-state index is 0. The monoisotopic (exact) mass is 556 g/mol. The molecule has 2 aromatic carbocycles. The number of hydrogen-bond acceptors (Lipinski definition) is 5. The predicted octanol–water partition coefficient (Wildman–Crippen LogP) is 5.90. The number of hydrogen-bond donors (Lipinski definition) is 4. The molecule has 26 heavy (non-hydrogen) atoms. The molecular weight excluding hydrogens is 540 g/mol. The molecular formula is C16H19Br2ClN4S3. The van der Waals surface area contributed by atoms with Crippen molar-refractivity contribution in [2.24, 2.45) is 11.5 Å². The van der Waals surface area contributed by atoms with Crippen molar-refractivity contribution in [1.82, 2.24) is 0 Å². The summed E-state index contributed by atoms with van der Waals surface area (Å²) in [7, 11) is 0. The molecule has 0 unspecified atom stereocenters. The molecule has 0 fully saturated rings. The molecule has 2 rings (SSSR count). The molecule has 0 aliphatic rings. The summed E-state index contributed by atoms with van der Waals surface area (Å²) in [6.45, 7) is 0. The zero-order valence-corrected chi connectivity index (χ0v) is 20.2. The van der Waals surface area contributed by atoms with E-state index in [1.807, 2.05) is 42.5 Å². The second-order valence-corrected chi connectivity index (χ2v) is 8.32. The molecule has 0 bridgehead atoms. The zero-order valence-electron chi connectivity index (χ0n) is 13.5. The highest BCUT2D eigenvalue weighted by Gasteiger charge is 2.10. The summed E-state index contributed by atoms with van der Waals surface area (Å²) in [5.74, 6) is 1.27. The van der Waals surface area contributed by atoms with E-state index in [-0.39, 0.29) is 44.3 Å². The first-order valence-corrected chi connectivity index (χ1v) is 10.1. The lowest BCUT2D eigenvalue weighted by Gasteiger charge is -2.12. The van der Waals surface area contributed by atoms with E-state index in [1.54, 1.807) is 11.8 Å². The van der Waals surface area contributed by atoms with Crippen LogP contribution in [0.5, 0.6) is 0 Å². The summed E-state index contributed by atoms with van der Waals surface area (Å²) in [6, 6.07) is 13.8. The summed E-state index contributed by atoms with van der Waals surface area (Å²) in [4.78, 5) is 2.14. The molecule has 0 radical (unpaired) electrons.